The Morgan fingerprint density at radius 2 is 1.43 bits per heavy atom. The van der Waals surface area contributed by atoms with E-state index in [1.54, 1.807) is 18.9 Å². The van der Waals surface area contributed by atoms with Crippen molar-refractivity contribution in [2.75, 3.05) is 13.7 Å². The molecule has 10 nitrogen and oxygen atoms in total. The third-order valence-corrected chi connectivity index (χ3v) is 8.93. The Hall–Kier alpha value is -4.02. The van der Waals surface area contributed by atoms with Crippen LogP contribution in [0, 0.1) is 0 Å². The lowest BCUT2D eigenvalue weighted by Crippen LogP contribution is -2.48. The molecular formula is C36H46N4O6. The molecular weight excluding hydrogens is 584 g/mol. The highest BCUT2D eigenvalue weighted by Gasteiger charge is 2.34. The number of amides is 2. The summed E-state index contributed by atoms with van der Waals surface area (Å²) in [5.74, 6) is -1.25. The van der Waals surface area contributed by atoms with Gasteiger partial charge in [0.15, 0.2) is 5.69 Å². The van der Waals surface area contributed by atoms with Gasteiger partial charge >= 0.3 is 5.97 Å². The lowest BCUT2D eigenvalue weighted by Gasteiger charge is -2.37. The topological polar surface area (TPSA) is 112 Å². The van der Waals surface area contributed by atoms with Gasteiger partial charge in [-0.1, -0.05) is 86.3 Å². The molecule has 3 aromatic rings. The second-order valence-corrected chi connectivity index (χ2v) is 12.2. The molecule has 2 aromatic carbocycles. The van der Waals surface area contributed by atoms with Crippen molar-refractivity contribution in [3.63, 3.8) is 0 Å². The van der Waals surface area contributed by atoms with Crippen LogP contribution in [0.2, 0.25) is 0 Å². The highest BCUT2D eigenvalue weighted by molar-refractivity contribution is 5.96. The smallest absolute Gasteiger partial charge is 0.358 e. The van der Waals surface area contributed by atoms with Gasteiger partial charge in [-0.25, -0.2) is 9.48 Å². The summed E-state index contributed by atoms with van der Waals surface area (Å²) in [4.78, 5) is 41.8. The number of hydrogen-bond acceptors (Lipinski definition) is 7. The monoisotopic (exact) mass is 630 g/mol. The second kappa shape index (κ2) is 16.5. The van der Waals surface area contributed by atoms with Crippen molar-refractivity contribution in [3.8, 4) is 0 Å². The summed E-state index contributed by atoms with van der Waals surface area (Å²) in [7, 11) is 1.76. The number of aromatic nitrogens is 2. The maximum atomic E-state index is 14.0. The van der Waals surface area contributed by atoms with E-state index in [-0.39, 0.29) is 60.6 Å². The summed E-state index contributed by atoms with van der Waals surface area (Å²) in [6.45, 7) is 2.61. The van der Waals surface area contributed by atoms with E-state index in [0.717, 1.165) is 62.5 Å². The molecule has 2 aliphatic rings. The SMILES string of the molecule is CCOC(=O)c1cc(C(=O)N(C)[C@H]2CCCC[C@@H]2OCc2ccccc2)n(CC(=O)N[C@H]2CCCC[C@@H]2OCc2ccccc2)n1. The third-order valence-electron chi connectivity index (χ3n) is 8.93. The van der Waals surface area contributed by atoms with E-state index in [9.17, 15) is 14.4 Å². The van der Waals surface area contributed by atoms with Gasteiger partial charge in [-0.05, 0) is 43.7 Å². The molecule has 0 unspecified atom stereocenters. The number of nitrogens with one attached hydrogen (secondary N) is 1. The molecule has 0 saturated heterocycles. The number of carbonyl (C=O) groups excluding carboxylic acids is 3. The Morgan fingerprint density at radius 3 is 2.09 bits per heavy atom. The molecule has 46 heavy (non-hydrogen) atoms. The van der Waals surface area contributed by atoms with Gasteiger partial charge in [0, 0.05) is 13.1 Å². The van der Waals surface area contributed by atoms with Crippen molar-refractivity contribution in [1.82, 2.24) is 20.0 Å². The number of nitrogens with zero attached hydrogens (tertiary/aromatic N) is 3. The normalized spacial score (nSPS) is 21.3. The fourth-order valence-corrected chi connectivity index (χ4v) is 6.47. The van der Waals surface area contributed by atoms with Crippen molar-refractivity contribution in [2.45, 2.75) is 102 Å². The van der Waals surface area contributed by atoms with Gasteiger partial charge < -0.3 is 24.4 Å². The molecule has 2 saturated carbocycles. The summed E-state index contributed by atoms with van der Waals surface area (Å²) >= 11 is 0. The molecule has 246 valence electrons. The highest BCUT2D eigenvalue weighted by Crippen LogP contribution is 2.27. The van der Waals surface area contributed by atoms with E-state index in [0.29, 0.717) is 13.2 Å². The van der Waals surface area contributed by atoms with E-state index in [4.69, 9.17) is 14.2 Å². The van der Waals surface area contributed by atoms with Gasteiger partial charge in [-0.3, -0.25) is 9.59 Å². The summed E-state index contributed by atoms with van der Waals surface area (Å²) in [6.07, 6.45) is 7.10. The van der Waals surface area contributed by atoms with Crippen LogP contribution in [0.1, 0.15) is 90.4 Å². The Bertz CT molecular complexity index is 1430. The van der Waals surface area contributed by atoms with Gasteiger partial charge in [0.2, 0.25) is 5.91 Å². The number of carbonyl (C=O) groups is 3. The van der Waals surface area contributed by atoms with Crippen LogP contribution < -0.4 is 5.32 Å². The molecule has 0 bridgehead atoms. The van der Waals surface area contributed by atoms with Gasteiger partial charge in [-0.2, -0.15) is 5.10 Å². The maximum Gasteiger partial charge on any atom is 0.358 e. The van der Waals surface area contributed by atoms with Crippen LogP contribution in [0.5, 0.6) is 0 Å². The second-order valence-electron chi connectivity index (χ2n) is 12.2. The van der Waals surface area contributed by atoms with Gasteiger partial charge in [0.25, 0.3) is 5.91 Å². The number of benzene rings is 2. The van der Waals surface area contributed by atoms with E-state index in [1.807, 2.05) is 60.7 Å². The third kappa shape index (κ3) is 8.82. The lowest BCUT2D eigenvalue weighted by atomic mass is 9.91. The zero-order valence-corrected chi connectivity index (χ0v) is 26.9. The average molecular weight is 631 g/mol. The predicted octanol–water partition coefficient (Wildman–Crippen LogP) is 5.30. The van der Waals surface area contributed by atoms with E-state index < -0.39 is 5.97 Å². The highest BCUT2D eigenvalue weighted by atomic mass is 16.5. The summed E-state index contributed by atoms with van der Waals surface area (Å²) < 4.78 is 19.1. The van der Waals surface area contributed by atoms with Crippen LogP contribution in [-0.2, 0) is 38.8 Å². The van der Waals surface area contributed by atoms with E-state index in [1.165, 1.54) is 10.7 Å². The Morgan fingerprint density at radius 1 is 0.848 bits per heavy atom. The van der Waals surface area contributed by atoms with Crippen molar-refractivity contribution in [1.29, 1.82) is 0 Å². The van der Waals surface area contributed by atoms with Crippen LogP contribution in [0.4, 0.5) is 0 Å². The fourth-order valence-electron chi connectivity index (χ4n) is 6.47. The molecule has 0 radical (unpaired) electrons. The van der Waals surface area contributed by atoms with E-state index in [2.05, 4.69) is 10.4 Å². The molecule has 4 atom stereocenters. The minimum Gasteiger partial charge on any atom is -0.461 e. The molecule has 2 amide bonds. The first-order valence-electron chi connectivity index (χ1n) is 16.6. The predicted molar refractivity (Wildman–Crippen MR) is 173 cm³/mol. The molecule has 2 aliphatic carbocycles. The number of hydrogen-bond donors (Lipinski definition) is 1. The largest absolute Gasteiger partial charge is 0.461 e. The van der Waals surface area contributed by atoms with Crippen LogP contribution in [0.15, 0.2) is 66.7 Å². The van der Waals surface area contributed by atoms with Crippen molar-refractivity contribution in [2.24, 2.45) is 0 Å². The van der Waals surface area contributed by atoms with Crippen molar-refractivity contribution >= 4 is 17.8 Å². The number of rotatable bonds is 13. The first-order chi connectivity index (χ1) is 22.4. The zero-order valence-electron chi connectivity index (χ0n) is 26.9. The molecule has 1 aromatic heterocycles. The van der Waals surface area contributed by atoms with Crippen LogP contribution in [-0.4, -0.2) is 70.4 Å². The molecule has 1 heterocycles. The molecule has 0 aliphatic heterocycles. The van der Waals surface area contributed by atoms with Crippen molar-refractivity contribution < 1.29 is 28.6 Å². The Kier molecular flexibility index (Phi) is 12.0. The molecule has 5 rings (SSSR count). The van der Waals surface area contributed by atoms with Gasteiger partial charge in [0.1, 0.15) is 12.2 Å². The minimum atomic E-state index is -0.637. The molecule has 1 N–H and O–H groups in total. The first kappa shape index (κ1) is 33.3. The van der Waals surface area contributed by atoms with Crippen molar-refractivity contribution in [3.05, 3.63) is 89.2 Å². The molecule has 0 spiro atoms. The fraction of sp³-hybridized carbons (Fsp3) is 0.500. The van der Waals surface area contributed by atoms with E-state index >= 15 is 0 Å². The first-order valence-corrected chi connectivity index (χ1v) is 16.6. The Balaban J connectivity index is 1.28. The van der Waals surface area contributed by atoms with Crippen LogP contribution in [0.25, 0.3) is 0 Å². The Labute approximate surface area is 271 Å². The zero-order chi connectivity index (χ0) is 32.3. The quantitative estimate of drug-likeness (QED) is 0.255. The maximum absolute atomic E-state index is 14.0. The summed E-state index contributed by atoms with van der Waals surface area (Å²) in [6, 6.07) is 21.1. The average Bonchev–Trinajstić information content (AvgIpc) is 3.51. The summed E-state index contributed by atoms with van der Waals surface area (Å²) in [5.41, 5.74) is 2.32. The minimum absolute atomic E-state index is 0.00587. The van der Waals surface area contributed by atoms with Crippen LogP contribution in [0.3, 0.4) is 0 Å². The van der Waals surface area contributed by atoms with Crippen LogP contribution >= 0.6 is 0 Å². The number of ether oxygens (including phenoxy) is 3. The molecule has 10 heteroatoms. The number of likely N-dealkylation sites (N-methyl/N-ethyl adjacent to an activating group) is 1. The summed E-state index contributed by atoms with van der Waals surface area (Å²) in [5, 5.41) is 7.50. The lowest BCUT2D eigenvalue weighted by molar-refractivity contribution is -0.124. The van der Waals surface area contributed by atoms with Gasteiger partial charge in [0.05, 0.1) is 44.1 Å². The number of esters is 1. The van der Waals surface area contributed by atoms with Gasteiger partial charge in [-0.15, -0.1) is 0 Å². The molecule has 2 fully saturated rings. The standard InChI is InChI=1S/C36H46N4O6/c1-3-44-36(43)29-22-31(35(42)39(2)30-19-11-13-21-33(30)46-25-27-16-8-5-9-17-27)40(38-29)23-34(41)37-28-18-10-12-20-32(28)45-24-26-14-6-4-7-15-26/h4-9,14-17,22,28,30,32-33H,3,10-13,18-21,23-25H2,1-2H3,(H,37,41)/t28-,30-,32-,33-/m0/s1.